The summed E-state index contributed by atoms with van der Waals surface area (Å²) >= 11 is 3.12. The minimum atomic E-state index is -4.47. The third-order valence-corrected chi connectivity index (χ3v) is 4.19. The number of hydrogen-bond acceptors (Lipinski definition) is 6. The fraction of sp³-hybridized carbons (Fsp3) is 0.182. The fourth-order valence-electron chi connectivity index (χ4n) is 1.13. The van der Waals surface area contributed by atoms with Crippen LogP contribution in [0.15, 0.2) is 35.5 Å². The molecule has 0 unspecified atom stereocenters. The summed E-state index contributed by atoms with van der Waals surface area (Å²) in [6.45, 7) is 0. The molecule has 0 atom stereocenters. The Kier molecular flexibility index (Phi) is 6.43. The lowest BCUT2D eigenvalue weighted by Gasteiger charge is -2.01. The van der Waals surface area contributed by atoms with Gasteiger partial charge < -0.3 is 4.18 Å². The zero-order valence-corrected chi connectivity index (χ0v) is 12.8. The zero-order valence-electron chi connectivity index (χ0n) is 10.3. The molecule has 8 heteroatoms. The average Bonchev–Trinajstić information content (AvgIpc) is 2.35. The third kappa shape index (κ3) is 6.67. The van der Waals surface area contributed by atoms with Gasteiger partial charge in [0.2, 0.25) is 0 Å². The van der Waals surface area contributed by atoms with E-state index in [-0.39, 0.29) is 5.75 Å². The molecule has 0 heterocycles. The first-order valence-corrected chi connectivity index (χ1v) is 8.85. The lowest BCUT2D eigenvalue weighted by atomic mass is 10.2. The maximum atomic E-state index is 10.5. The number of thioether (sulfide) groups is 2. The normalized spacial score (nSPS) is 11.5. The summed E-state index contributed by atoms with van der Waals surface area (Å²) in [5.41, 5.74) is 0.841. The summed E-state index contributed by atoms with van der Waals surface area (Å²) in [6, 6.07) is 6.21. The third-order valence-electron chi connectivity index (χ3n) is 1.88. The van der Waals surface area contributed by atoms with E-state index in [9.17, 15) is 8.42 Å². The van der Waals surface area contributed by atoms with Gasteiger partial charge in [-0.2, -0.15) is 8.42 Å². The first kappa shape index (κ1) is 16.1. The van der Waals surface area contributed by atoms with Gasteiger partial charge >= 0.3 is 10.4 Å². The largest absolute Gasteiger partial charge is 0.446 e. The Morgan fingerprint density at radius 1 is 1.26 bits per heavy atom. The van der Waals surface area contributed by atoms with Crippen LogP contribution in [-0.4, -0.2) is 29.9 Å². The van der Waals surface area contributed by atoms with E-state index in [0.717, 1.165) is 9.94 Å². The quantitative estimate of drug-likeness (QED) is 0.522. The van der Waals surface area contributed by atoms with E-state index in [1.165, 1.54) is 12.1 Å². The van der Waals surface area contributed by atoms with Crippen molar-refractivity contribution in [2.45, 2.75) is 0 Å². The van der Waals surface area contributed by atoms with Crippen molar-refractivity contribution in [3.8, 4) is 5.75 Å². The molecule has 1 N–H and O–H groups in total. The van der Waals surface area contributed by atoms with Crippen LogP contribution in [0, 0.1) is 0 Å². The summed E-state index contributed by atoms with van der Waals surface area (Å²) in [7, 11) is -4.47. The second kappa shape index (κ2) is 7.59. The minimum absolute atomic E-state index is 0.0528. The number of nitrogens with zero attached hydrogens (tertiary/aromatic N) is 1. The molecule has 1 rings (SSSR count). The van der Waals surface area contributed by atoms with E-state index in [0.29, 0.717) is 0 Å². The van der Waals surface area contributed by atoms with Gasteiger partial charge in [0.1, 0.15) is 10.1 Å². The van der Waals surface area contributed by atoms with E-state index >= 15 is 0 Å². The standard InChI is InChI=1S/C11H13NO4S3/c1-17-11(18-2)12-8-7-9-3-5-10(6-4-9)16-19(13,14)15/h3-8H,1-2H3,(H,13,14,15). The van der Waals surface area contributed by atoms with Crippen molar-refractivity contribution in [1.29, 1.82) is 0 Å². The average molecular weight is 319 g/mol. The van der Waals surface area contributed by atoms with Crippen molar-refractivity contribution >= 4 is 44.4 Å². The smallest absolute Gasteiger partial charge is 0.362 e. The monoisotopic (exact) mass is 319 g/mol. The highest BCUT2D eigenvalue weighted by atomic mass is 32.3. The molecule has 0 fully saturated rings. The van der Waals surface area contributed by atoms with Crippen molar-refractivity contribution in [3.05, 3.63) is 36.0 Å². The van der Waals surface area contributed by atoms with Crippen LogP contribution < -0.4 is 4.18 Å². The molecule has 0 amide bonds. The van der Waals surface area contributed by atoms with Crippen LogP contribution in [0.3, 0.4) is 0 Å². The molecule has 19 heavy (non-hydrogen) atoms. The molecule has 1 aromatic carbocycles. The first-order valence-electron chi connectivity index (χ1n) is 5.04. The molecule has 1 aromatic rings. The van der Waals surface area contributed by atoms with Crippen LogP contribution in [0.2, 0.25) is 0 Å². The van der Waals surface area contributed by atoms with Gasteiger partial charge in [0.05, 0.1) is 0 Å². The summed E-state index contributed by atoms with van der Waals surface area (Å²) in [6.07, 6.45) is 7.35. The Hall–Kier alpha value is -0.960. The van der Waals surface area contributed by atoms with Gasteiger partial charge in [-0.05, 0) is 36.3 Å². The molecular weight excluding hydrogens is 306 g/mol. The number of rotatable bonds is 4. The van der Waals surface area contributed by atoms with Crippen molar-refractivity contribution in [3.63, 3.8) is 0 Å². The fourth-order valence-corrected chi connectivity index (χ4v) is 2.48. The van der Waals surface area contributed by atoms with Crippen LogP contribution in [0.4, 0.5) is 0 Å². The Labute approximate surface area is 121 Å². The zero-order chi connectivity index (χ0) is 14.3. The Balaban J connectivity index is 2.72. The van der Waals surface area contributed by atoms with Gasteiger partial charge in [0.25, 0.3) is 0 Å². The van der Waals surface area contributed by atoms with Gasteiger partial charge in [-0.15, -0.1) is 23.5 Å². The topological polar surface area (TPSA) is 76.0 Å². The lowest BCUT2D eigenvalue weighted by molar-refractivity contribution is 0.387. The number of benzene rings is 1. The van der Waals surface area contributed by atoms with Crippen molar-refractivity contribution < 1.29 is 17.2 Å². The maximum Gasteiger partial charge on any atom is 0.446 e. The molecule has 104 valence electrons. The lowest BCUT2D eigenvalue weighted by Crippen LogP contribution is -2.06. The van der Waals surface area contributed by atoms with Crippen molar-refractivity contribution in [1.82, 2.24) is 0 Å². The molecule has 0 aliphatic heterocycles. The minimum Gasteiger partial charge on any atom is -0.362 e. The van der Waals surface area contributed by atoms with E-state index in [1.54, 1.807) is 47.9 Å². The summed E-state index contributed by atoms with van der Waals surface area (Å²) < 4.78 is 34.8. The van der Waals surface area contributed by atoms with Gasteiger partial charge in [0.15, 0.2) is 0 Å². The number of aliphatic imine (C=N–C) groups is 1. The van der Waals surface area contributed by atoms with Crippen LogP contribution in [-0.2, 0) is 10.4 Å². The van der Waals surface area contributed by atoms with E-state index in [1.807, 2.05) is 12.5 Å². The Bertz CT molecular complexity index is 558. The molecule has 0 aromatic heterocycles. The predicted octanol–water partition coefficient (Wildman–Crippen LogP) is 2.92. The first-order chi connectivity index (χ1) is 8.94. The summed E-state index contributed by atoms with van der Waals surface area (Å²) in [5, 5.41) is 0. The van der Waals surface area contributed by atoms with Gasteiger partial charge in [-0.25, -0.2) is 4.99 Å². The predicted molar refractivity (Wildman–Crippen MR) is 82.1 cm³/mol. The van der Waals surface area contributed by atoms with Crippen LogP contribution in [0.25, 0.3) is 6.08 Å². The van der Waals surface area contributed by atoms with E-state index in [4.69, 9.17) is 4.55 Å². The van der Waals surface area contributed by atoms with E-state index < -0.39 is 10.4 Å². The SMILES string of the molecule is CSC(=NC=Cc1ccc(OS(=O)(=O)O)cc1)SC. The highest BCUT2D eigenvalue weighted by Gasteiger charge is 2.05. The molecule has 0 aliphatic rings. The van der Waals surface area contributed by atoms with Gasteiger partial charge in [-0.3, -0.25) is 4.55 Å². The van der Waals surface area contributed by atoms with Crippen molar-refractivity contribution in [2.75, 3.05) is 12.5 Å². The molecule has 0 saturated carbocycles. The molecule has 0 bridgehead atoms. The molecule has 0 saturated heterocycles. The maximum absolute atomic E-state index is 10.5. The second-order valence-corrected chi connectivity index (χ2v) is 6.07. The van der Waals surface area contributed by atoms with Gasteiger partial charge in [-0.1, -0.05) is 12.1 Å². The second-order valence-electron chi connectivity index (χ2n) is 3.20. The Morgan fingerprint density at radius 3 is 2.32 bits per heavy atom. The molecule has 5 nitrogen and oxygen atoms in total. The molecular formula is C11H13NO4S3. The highest BCUT2D eigenvalue weighted by molar-refractivity contribution is 8.38. The van der Waals surface area contributed by atoms with Crippen molar-refractivity contribution in [2.24, 2.45) is 4.99 Å². The van der Waals surface area contributed by atoms with Crippen LogP contribution >= 0.6 is 23.5 Å². The number of hydrogen-bond donors (Lipinski definition) is 1. The summed E-state index contributed by atoms with van der Waals surface area (Å²) in [4.78, 5) is 4.23. The van der Waals surface area contributed by atoms with Crippen LogP contribution in [0.5, 0.6) is 5.75 Å². The highest BCUT2D eigenvalue weighted by Crippen LogP contribution is 2.15. The van der Waals surface area contributed by atoms with Gasteiger partial charge in [0, 0.05) is 6.20 Å². The Morgan fingerprint density at radius 2 is 1.84 bits per heavy atom. The molecule has 0 radical (unpaired) electrons. The van der Waals surface area contributed by atoms with Crippen LogP contribution in [0.1, 0.15) is 5.56 Å². The van der Waals surface area contributed by atoms with E-state index in [2.05, 4.69) is 9.18 Å². The molecule has 0 spiro atoms. The molecule has 0 aliphatic carbocycles. The summed E-state index contributed by atoms with van der Waals surface area (Å²) in [5.74, 6) is 0.0528.